The quantitative estimate of drug-likeness (QED) is 0.479. The van der Waals surface area contributed by atoms with Gasteiger partial charge in [0, 0.05) is 18.8 Å². The molecule has 8 nitrogen and oxygen atoms in total. The van der Waals surface area contributed by atoms with Gasteiger partial charge in [-0.3, -0.25) is 13.9 Å². The van der Waals surface area contributed by atoms with Crippen LogP contribution < -0.4 is 11.2 Å². The number of ether oxygens (including phenoxy) is 1. The topological polar surface area (TPSA) is 114 Å². The maximum Gasteiger partial charge on any atom is 0.333 e. The summed E-state index contributed by atoms with van der Waals surface area (Å²) in [5.41, 5.74) is -1.31. The SMILES string of the molecule is O=c1c(I)cn([C@@H]2O[C@H](CO)C(O)C2O)c(=O)n1CCc1ccc(F)cc1F. The van der Waals surface area contributed by atoms with Crippen LogP contribution in [0.4, 0.5) is 8.78 Å². The molecule has 3 N–H and O–H groups in total. The molecule has 152 valence electrons. The molecule has 2 aromatic rings. The van der Waals surface area contributed by atoms with Gasteiger partial charge in [-0.1, -0.05) is 6.07 Å². The fourth-order valence-corrected chi connectivity index (χ4v) is 3.62. The molecule has 0 bridgehead atoms. The molecule has 1 aliphatic heterocycles. The van der Waals surface area contributed by atoms with Crippen molar-refractivity contribution in [3.05, 3.63) is 66.0 Å². The Kier molecular flexibility index (Phi) is 6.29. The minimum Gasteiger partial charge on any atom is -0.394 e. The van der Waals surface area contributed by atoms with Crippen LogP contribution in [-0.2, 0) is 17.7 Å². The third-order valence-electron chi connectivity index (χ3n) is 4.56. The number of aromatic nitrogens is 2. The van der Waals surface area contributed by atoms with Gasteiger partial charge in [0.25, 0.3) is 5.56 Å². The van der Waals surface area contributed by atoms with Crippen LogP contribution in [0.1, 0.15) is 11.8 Å². The molecule has 1 saturated heterocycles. The predicted molar refractivity (Wildman–Crippen MR) is 101 cm³/mol. The molecule has 4 atom stereocenters. The lowest BCUT2D eigenvalue weighted by atomic mass is 10.1. The number of benzene rings is 1. The Labute approximate surface area is 170 Å². The molecule has 1 aromatic heterocycles. The summed E-state index contributed by atoms with van der Waals surface area (Å²) >= 11 is 1.71. The van der Waals surface area contributed by atoms with Gasteiger partial charge in [-0.15, -0.1) is 0 Å². The summed E-state index contributed by atoms with van der Waals surface area (Å²) in [6, 6.07) is 3.02. The standard InChI is InChI=1S/C17H17F2IN2O6/c18-9-2-1-8(10(19)5-9)3-4-21-15(26)11(20)6-22(17(21)27)16-14(25)13(24)12(7-23)28-16/h1-2,5-6,12-14,16,23-25H,3-4,7H2/t12-,13?,14?,16-/m1/s1. The number of aliphatic hydroxyl groups is 3. The zero-order chi connectivity index (χ0) is 20.6. The minimum atomic E-state index is -1.49. The van der Waals surface area contributed by atoms with E-state index in [2.05, 4.69) is 0 Å². The highest BCUT2D eigenvalue weighted by Gasteiger charge is 2.44. The fourth-order valence-electron chi connectivity index (χ4n) is 3.03. The second-order valence-electron chi connectivity index (χ2n) is 6.34. The molecule has 3 rings (SSSR count). The van der Waals surface area contributed by atoms with Crippen molar-refractivity contribution >= 4 is 22.6 Å². The molecule has 2 heterocycles. The third-order valence-corrected chi connectivity index (χ3v) is 5.30. The molecule has 11 heteroatoms. The number of rotatable bonds is 5. The van der Waals surface area contributed by atoms with E-state index in [0.717, 1.165) is 15.2 Å². The Morgan fingerprint density at radius 2 is 1.89 bits per heavy atom. The normalized spacial score (nSPS) is 24.6. The van der Waals surface area contributed by atoms with Crippen LogP contribution in [0.25, 0.3) is 0 Å². The first-order chi connectivity index (χ1) is 13.2. The smallest absolute Gasteiger partial charge is 0.333 e. The zero-order valence-corrected chi connectivity index (χ0v) is 16.5. The Bertz CT molecular complexity index is 995. The molecular weight excluding hydrogens is 493 g/mol. The fraction of sp³-hybridized carbons (Fsp3) is 0.412. The Hall–Kier alpha value is -1.67. The highest BCUT2D eigenvalue weighted by Crippen LogP contribution is 2.28. The lowest BCUT2D eigenvalue weighted by Crippen LogP contribution is -2.44. The monoisotopic (exact) mass is 510 g/mol. The van der Waals surface area contributed by atoms with E-state index in [1.54, 1.807) is 22.6 Å². The van der Waals surface area contributed by atoms with E-state index < -0.39 is 54.0 Å². The van der Waals surface area contributed by atoms with E-state index in [1.165, 1.54) is 12.3 Å². The van der Waals surface area contributed by atoms with E-state index in [9.17, 15) is 33.7 Å². The van der Waals surface area contributed by atoms with Crippen LogP contribution in [0.2, 0.25) is 0 Å². The van der Waals surface area contributed by atoms with Crippen molar-refractivity contribution in [1.29, 1.82) is 0 Å². The molecular formula is C17H17F2IN2O6. The van der Waals surface area contributed by atoms with Gasteiger partial charge in [0.2, 0.25) is 0 Å². The number of nitrogens with zero attached hydrogens (tertiary/aromatic N) is 2. The van der Waals surface area contributed by atoms with Crippen molar-refractivity contribution in [2.45, 2.75) is 37.5 Å². The Balaban J connectivity index is 1.94. The van der Waals surface area contributed by atoms with Gasteiger partial charge >= 0.3 is 5.69 Å². The summed E-state index contributed by atoms with van der Waals surface area (Å²) in [4.78, 5) is 25.1. The molecule has 0 saturated carbocycles. The lowest BCUT2D eigenvalue weighted by Gasteiger charge is -2.19. The van der Waals surface area contributed by atoms with Crippen molar-refractivity contribution in [3.63, 3.8) is 0 Å². The molecule has 0 spiro atoms. The predicted octanol–water partition coefficient (Wildman–Crippen LogP) is -0.253. The van der Waals surface area contributed by atoms with Crippen molar-refractivity contribution in [1.82, 2.24) is 9.13 Å². The van der Waals surface area contributed by atoms with Crippen molar-refractivity contribution in [2.75, 3.05) is 6.61 Å². The molecule has 1 fully saturated rings. The maximum atomic E-state index is 13.8. The van der Waals surface area contributed by atoms with Crippen LogP contribution in [0.3, 0.4) is 0 Å². The third kappa shape index (κ3) is 3.89. The molecule has 1 aromatic carbocycles. The highest BCUT2D eigenvalue weighted by atomic mass is 127. The zero-order valence-electron chi connectivity index (χ0n) is 14.3. The largest absolute Gasteiger partial charge is 0.394 e. The van der Waals surface area contributed by atoms with Crippen LogP contribution in [0.15, 0.2) is 34.0 Å². The van der Waals surface area contributed by atoms with Gasteiger partial charge in [0.1, 0.15) is 29.9 Å². The van der Waals surface area contributed by atoms with Crippen LogP contribution in [0, 0.1) is 15.2 Å². The van der Waals surface area contributed by atoms with Gasteiger partial charge in [-0.05, 0) is 40.6 Å². The summed E-state index contributed by atoms with van der Waals surface area (Å²) in [5, 5.41) is 29.2. The molecule has 28 heavy (non-hydrogen) atoms. The average Bonchev–Trinajstić information content (AvgIpc) is 2.94. The highest BCUT2D eigenvalue weighted by molar-refractivity contribution is 14.1. The van der Waals surface area contributed by atoms with Crippen LogP contribution >= 0.6 is 22.6 Å². The van der Waals surface area contributed by atoms with Crippen molar-refractivity contribution in [2.24, 2.45) is 0 Å². The second-order valence-corrected chi connectivity index (χ2v) is 7.50. The van der Waals surface area contributed by atoms with Crippen LogP contribution in [-0.4, -0.2) is 49.4 Å². The van der Waals surface area contributed by atoms with Crippen LogP contribution in [0.5, 0.6) is 0 Å². The van der Waals surface area contributed by atoms with E-state index in [-0.39, 0.29) is 22.1 Å². The lowest BCUT2D eigenvalue weighted by molar-refractivity contribution is -0.0557. The number of hydrogen-bond donors (Lipinski definition) is 3. The van der Waals surface area contributed by atoms with Gasteiger partial charge in [0.05, 0.1) is 10.2 Å². The van der Waals surface area contributed by atoms with E-state index in [1.807, 2.05) is 0 Å². The second kappa shape index (κ2) is 8.37. The number of aryl methyl sites for hydroxylation is 1. The molecule has 0 radical (unpaired) electrons. The minimum absolute atomic E-state index is 0.0443. The number of aliphatic hydroxyl groups excluding tert-OH is 3. The summed E-state index contributed by atoms with van der Waals surface area (Å²) < 4.78 is 34.1. The first-order valence-corrected chi connectivity index (χ1v) is 9.40. The van der Waals surface area contributed by atoms with E-state index >= 15 is 0 Å². The Morgan fingerprint density at radius 1 is 1.18 bits per heavy atom. The molecule has 1 aliphatic rings. The maximum absolute atomic E-state index is 13.8. The number of hydrogen-bond acceptors (Lipinski definition) is 6. The Morgan fingerprint density at radius 3 is 2.50 bits per heavy atom. The summed E-state index contributed by atoms with van der Waals surface area (Å²) in [6.45, 7) is -0.754. The van der Waals surface area contributed by atoms with Gasteiger partial charge in [-0.2, -0.15) is 0 Å². The summed E-state index contributed by atoms with van der Waals surface area (Å²) in [6.07, 6.45) is -4.15. The molecule has 0 amide bonds. The first-order valence-electron chi connectivity index (χ1n) is 8.32. The average molecular weight is 510 g/mol. The first kappa shape index (κ1) is 21.0. The van der Waals surface area contributed by atoms with Gasteiger partial charge < -0.3 is 20.1 Å². The molecule has 0 aliphatic carbocycles. The molecule has 2 unspecified atom stereocenters. The number of halogens is 3. The van der Waals surface area contributed by atoms with Gasteiger partial charge in [-0.25, -0.2) is 13.6 Å². The van der Waals surface area contributed by atoms with E-state index in [4.69, 9.17) is 4.74 Å². The summed E-state index contributed by atoms with van der Waals surface area (Å²) in [5.74, 6) is -1.53. The van der Waals surface area contributed by atoms with E-state index in [0.29, 0.717) is 6.07 Å². The van der Waals surface area contributed by atoms with Crippen molar-refractivity contribution in [3.8, 4) is 0 Å². The summed E-state index contributed by atoms with van der Waals surface area (Å²) in [7, 11) is 0. The van der Waals surface area contributed by atoms with Gasteiger partial charge in [0.15, 0.2) is 6.23 Å². The van der Waals surface area contributed by atoms with Crippen molar-refractivity contribution < 1.29 is 28.8 Å².